The highest BCUT2D eigenvalue weighted by Crippen LogP contribution is 2.33. The van der Waals surface area contributed by atoms with Gasteiger partial charge in [0.05, 0.1) is 11.4 Å². The van der Waals surface area contributed by atoms with Crippen LogP contribution in [0.25, 0.3) is 16.9 Å². The van der Waals surface area contributed by atoms with Crippen LogP contribution in [0, 0.1) is 12.7 Å². The average Bonchev–Trinajstić information content (AvgIpc) is 2.84. The van der Waals surface area contributed by atoms with Crippen molar-refractivity contribution in [3.63, 3.8) is 0 Å². The lowest BCUT2D eigenvalue weighted by Crippen LogP contribution is -2.06. The fourth-order valence-corrected chi connectivity index (χ4v) is 3.69. The molecule has 0 unspecified atom stereocenters. The summed E-state index contributed by atoms with van der Waals surface area (Å²) in [7, 11) is 0. The predicted molar refractivity (Wildman–Crippen MR) is 102 cm³/mol. The Morgan fingerprint density at radius 1 is 1.36 bits per heavy atom. The number of rotatable bonds is 5. The Hall–Kier alpha value is -1.72. The molecular weight excluding hydrogens is 407 g/mol. The molecule has 1 aromatic carbocycles. The summed E-state index contributed by atoms with van der Waals surface area (Å²) in [6, 6.07) is 6.70. The molecule has 0 atom stereocenters. The van der Waals surface area contributed by atoms with Crippen molar-refractivity contribution < 1.29 is 9.18 Å². The number of carbonyl (C=O) groups excluding carboxylic acids is 1. The quantitative estimate of drug-likeness (QED) is 0.521. The van der Waals surface area contributed by atoms with Crippen molar-refractivity contribution in [2.45, 2.75) is 33.1 Å². The molecule has 0 aliphatic carbocycles. The molecule has 0 aliphatic heterocycles. The molecule has 3 rings (SSSR count). The van der Waals surface area contributed by atoms with E-state index in [-0.39, 0.29) is 18.0 Å². The van der Waals surface area contributed by atoms with Gasteiger partial charge in [-0.3, -0.25) is 4.79 Å². The van der Waals surface area contributed by atoms with Crippen molar-refractivity contribution in [2.75, 3.05) is 0 Å². The van der Waals surface area contributed by atoms with Gasteiger partial charge < -0.3 is 4.40 Å². The zero-order chi connectivity index (χ0) is 18.1. The van der Waals surface area contributed by atoms with Crippen molar-refractivity contribution >= 4 is 39.0 Å². The molecule has 6 heteroatoms. The van der Waals surface area contributed by atoms with E-state index in [1.54, 1.807) is 18.3 Å². The van der Waals surface area contributed by atoms with E-state index in [1.807, 2.05) is 24.3 Å². The molecule has 2 heterocycles. The number of halogens is 3. The largest absolute Gasteiger partial charge is 0.303 e. The van der Waals surface area contributed by atoms with Crippen molar-refractivity contribution in [1.29, 1.82) is 0 Å². The normalized spacial score (nSPS) is 11.2. The van der Waals surface area contributed by atoms with E-state index in [1.165, 1.54) is 6.07 Å². The summed E-state index contributed by atoms with van der Waals surface area (Å²) in [5, 5.41) is 0.545. The minimum Gasteiger partial charge on any atom is -0.303 e. The van der Waals surface area contributed by atoms with E-state index >= 15 is 0 Å². The maximum atomic E-state index is 14.7. The minimum absolute atomic E-state index is 0.107. The molecule has 25 heavy (non-hydrogen) atoms. The average molecular weight is 424 g/mol. The number of hydrogen-bond donors (Lipinski definition) is 0. The summed E-state index contributed by atoms with van der Waals surface area (Å²) < 4.78 is 17.2. The number of ketones is 1. The monoisotopic (exact) mass is 422 g/mol. The summed E-state index contributed by atoms with van der Waals surface area (Å²) in [5.41, 5.74) is 2.96. The van der Waals surface area contributed by atoms with Gasteiger partial charge in [0, 0.05) is 40.2 Å². The zero-order valence-corrected chi connectivity index (χ0v) is 16.3. The molecule has 2 aromatic heterocycles. The maximum Gasteiger partial charge on any atom is 0.139 e. The summed E-state index contributed by atoms with van der Waals surface area (Å²) in [4.78, 5) is 16.8. The van der Waals surface area contributed by atoms with Crippen LogP contribution >= 0.6 is 27.5 Å². The molecule has 3 nitrogen and oxygen atoms in total. The number of Topliss-reactive ketones (excluding diaryl/α,β-unsaturated/α-hetero) is 1. The Labute approximate surface area is 159 Å². The number of aryl methyl sites for hydroxylation is 1. The van der Waals surface area contributed by atoms with Crippen LogP contribution < -0.4 is 0 Å². The van der Waals surface area contributed by atoms with Gasteiger partial charge in [0.1, 0.15) is 17.2 Å². The molecule has 3 aromatic rings. The van der Waals surface area contributed by atoms with Crippen LogP contribution in [-0.4, -0.2) is 15.2 Å². The van der Waals surface area contributed by atoms with Crippen molar-refractivity contribution in [2.24, 2.45) is 0 Å². The Balaban J connectivity index is 2.25. The molecule has 0 amide bonds. The van der Waals surface area contributed by atoms with Crippen LogP contribution in [-0.2, 0) is 11.2 Å². The first-order valence-electron chi connectivity index (χ1n) is 8.05. The fourth-order valence-electron chi connectivity index (χ4n) is 3.00. The van der Waals surface area contributed by atoms with Gasteiger partial charge in [-0.15, -0.1) is 0 Å². The first kappa shape index (κ1) is 18.1. The third-order valence-electron chi connectivity index (χ3n) is 4.07. The summed E-state index contributed by atoms with van der Waals surface area (Å²) in [5.74, 6) is -0.263. The van der Waals surface area contributed by atoms with Crippen molar-refractivity contribution in [3.8, 4) is 11.3 Å². The number of benzene rings is 1. The van der Waals surface area contributed by atoms with Gasteiger partial charge >= 0.3 is 0 Å². The second kappa shape index (κ2) is 7.26. The highest BCUT2D eigenvalue weighted by atomic mass is 79.9. The first-order chi connectivity index (χ1) is 11.9. The molecule has 0 fully saturated rings. The second-order valence-corrected chi connectivity index (χ2v) is 7.38. The van der Waals surface area contributed by atoms with Crippen molar-refractivity contribution in [1.82, 2.24) is 9.38 Å². The van der Waals surface area contributed by atoms with Crippen LogP contribution in [0.15, 0.2) is 34.9 Å². The molecule has 130 valence electrons. The van der Waals surface area contributed by atoms with Crippen LogP contribution in [0.2, 0.25) is 5.02 Å². The highest BCUT2D eigenvalue weighted by Gasteiger charge is 2.21. The SMILES string of the molecule is CCCC(=O)Cc1c(-c2c(C)cc(Br)cc2F)nc2cc(Cl)ccn12. The molecule has 0 saturated heterocycles. The number of carbonyl (C=O) groups is 1. The number of fused-ring (bicyclic) bond motifs is 1. The fraction of sp³-hybridized carbons (Fsp3) is 0.263. The lowest BCUT2D eigenvalue weighted by molar-refractivity contribution is -0.118. The Bertz CT molecular complexity index is 944. The number of aromatic nitrogens is 2. The Morgan fingerprint density at radius 3 is 2.80 bits per heavy atom. The van der Waals surface area contributed by atoms with Crippen molar-refractivity contribution in [3.05, 3.63) is 57.0 Å². The zero-order valence-electron chi connectivity index (χ0n) is 13.9. The van der Waals surface area contributed by atoms with Gasteiger partial charge in [-0.05, 0) is 37.1 Å². The predicted octanol–water partition coefficient (Wildman–Crippen LogP) is 5.78. The highest BCUT2D eigenvalue weighted by molar-refractivity contribution is 9.10. The summed E-state index contributed by atoms with van der Waals surface area (Å²) >= 11 is 9.37. The smallest absolute Gasteiger partial charge is 0.139 e. The number of pyridine rings is 1. The van der Waals surface area contributed by atoms with E-state index in [9.17, 15) is 9.18 Å². The van der Waals surface area contributed by atoms with Gasteiger partial charge in [0.2, 0.25) is 0 Å². The number of imidazole rings is 1. The lowest BCUT2D eigenvalue weighted by Gasteiger charge is -2.09. The number of hydrogen-bond acceptors (Lipinski definition) is 2. The van der Waals surface area contributed by atoms with Crippen LogP contribution in [0.4, 0.5) is 4.39 Å². The van der Waals surface area contributed by atoms with Gasteiger partial charge in [-0.2, -0.15) is 0 Å². The maximum absolute atomic E-state index is 14.7. The van der Waals surface area contributed by atoms with Crippen LogP contribution in [0.5, 0.6) is 0 Å². The molecule has 0 spiro atoms. The molecule has 0 saturated carbocycles. The first-order valence-corrected chi connectivity index (χ1v) is 9.22. The molecule has 0 aliphatic rings. The van der Waals surface area contributed by atoms with E-state index in [0.29, 0.717) is 38.5 Å². The van der Waals surface area contributed by atoms with E-state index in [2.05, 4.69) is 20.9 Å². The molecule has 0 bridgehead atoms. The third kappa shape index (κ3) is 3.62. The summed E-state index contributed by atoms with van der Waals surface area (Å²) in [6.45, 7) is 3.80. The van der Waals surface area contributed by atoms with Gasteiger partial charge in [0.15, 0.2) is 0 Å². The third-order valence-corrected chi connectivity index (χ3v) is 4.76. The van der Waals surface area contributed by atoms with Crippen LogP contribution in [0.3, 0.4) is 0 Å². The Kier molecular flexibility index (Phi) is 5.25. The van der Waals surface area contributed by atoms with Gasteiger partial charge in [-0.1, -0.05) is 34.5 Å². The standard InChI is InChI=1S/C19H17BrClFN2O/c1-3-4-14(25)10-16-19(18-11(2)7-12(20)8-15(18)22)23-17-9-13(21)5-6-24(16)17/h5-9H,3-4,10H2,1-2H3. The van der Waals surface area contributed by atoms with E-state index < -0.39 is 0 Å². The topological polar surface area (TPSA) is 34.4 Å². The van der Waals surface area contributed by atoms with Crippen LogP contribution in [0.1, 0.15) is 31.0 Å². The second-order valence-electron chi connectivity index (χ2n) is 6.03. The Morgan fingerprint density at radius 2 is 2.12 bits per heavy atom. The molecular formula is C19H17BrClFN2O. The molecule has 0 radical (unpaired) electrons. The molecule has 0 N–H and O–H groups in total. The van der Waals surface area contributed by atoms with E-state index in [0.717, 1.165) is 12.0 Å². The lowest BCUT2D eigenvalue weighted by atomic mass is 10.0. The minimum atomic E-state index is -0.370. The summed E-state index contributed by atoms with van der Waals surface area (Å²) in [6.07, 6.45) is 3.25. The van der Waals surface area contributed by atoms with Gasteiger partial charge in [-0.25, -0.2) is 9.37 Å². The number of nitrogens with zero attached hydrogens (tertiary/aromatic N) is 2. The van der Waals surface area contributed by atoms with E-state index in [4.69, 9.17) is 11.6 Å². The van der Waals surface area contributed by atoms with Gasteiger partial charge in [0.25, 0.3) is 0 Å².